The van der Waals surface area contributed by atoms with E-state index in [1.165, 1.54) is 0 Å². The van der Waals surface area contributed by atoms with Gasteiger partial charge in [0.25, 0.3) is 0 Å². The molecule has 3 aromatic rings. The maximum Gasteiger partial charge on any atom is 0.218 e. The van der Waals surface area contributed by atoms with Crippen LogP contribution in [0.4, 0.5) is 0 Å². The van der Waals surface area contributed by atoms with E-state index in [1.807, 2.05) is 61.8 Å². The van der Waals surface area contributed by atoms with Crippen molar-refractivity contribution in [2.24, 2.45) is 5.92 Å². The van der Waals surface area contributed by atoms with Crippen molar-refractivity contribution in [1.29, 1.82) is 0 Å². The smallest absolute Gasteiger partial charge is 0.218 e. The van der Waals surface area contributed by atoms with Gasteiger partial charge < -0.3 is 4.57 Å². The molecule has 3 heterocycles. The molecule has 0 amide bonds. The summed E-state index contributed by atoms with van der Waals surface area (Å²) in [5, 5.41) is 0. The van der Waals surface area contributed by atoms with Crippen LogP contribution >= 0.6 is 0 Å². The Labute approximate surface area is 172 Å². The van der Waals surface area contributed by atoms with E-state index in [-0.39, 0.29) is 11.7 Å². The lowest BCUT2D eigenvalue weighted by atomic mass is 9.99. The first kappa shape index (κ1) is 19.8. The first-order chi connectivity index (χ1) is 14.0. The van der Waals surface area contributed by atoms with Gasteiger partial charge in [0, 0.05) is 49.5 Å². The third kappa shape index (κ3) is 4.57. The number of hydrogen-bond donors (Lipinski definition) is 0. The van der Waals surface area contributed by atoms with Crippen LogP contribution in [0.2, 0.25) is 0 Å². The molecular weight excluding hydrogens is 384 g/mol. The van der Waals surface area contributed by atoms with Crippen LogP contribution < -0.4 is 0 Å². The zero-order valence-corrected chi connectivity index (χ0v) is 17.4. The molecule has 1 fully saturated rings. The van der Waals surface area contributed by atoms with Gasteiger partial charge in [-0.05, 0) is 43.4 Å². The average molecular weight is 411 g/mol. The van der Waals surface area contributed by atoms with Gasteiger partial charge in [-0.15, -0.1) is 0 Å². The second-order valence-corrected chi connectivity index (χ2v) is 9.65. The fourth-order valence-electron chi connectivity index (χ4n) is 3.98. The molecule has 1 aromatic carbocycles. The molecule has 0 N–H and O–H groups in total. The fourth-order valence-corrected chi connectivity index (χ4v) is 5.62. The Morgan fingerprint density at radius 2 is 1.93 bits per heavy atom. The molecule has 2 aromatic heterocycles. The molecule has 6 nitrogen and oxygen atoms in total. The summed E-state index contributed by atoms with van der Waals surface area (Å²) in [5.41, 5.74) is 2.89. The third-order valence-electron chi connectivity index (χ3n) is 5.48. The van der Waals surface area contributed by atoms with Crippen molar-refractivity contribution in [3.8, 4) is 11.4 Å². The van der Waals surface area contributed by atoms with Crippen molar-refractivity contribution in [3.05, 3.63) is 72.3 Å². The van der Waals surface area contributed by atoms with Crippen LogP contribution in [0.15, 0.2) is 61.1 Å². The minimum Gasteiger partial charge on any atom is -0.328 e. The lowest BCUT2D eigenvalue weighted by molar-refractivity contribution is 0.245. The van der Waals surface area contributed by atoms with E-state index in [1.54, 1.807) is 10.5 Å². The molecular formula is C22H26N4O2S. The van der Waals surface area contributed by atoms with E-state index in [0.717, 1.165) is 42.0 Å². The molecule has 29 heavy (non-hydrogen) atoms. The summed E-state index contributed by atoms with van der Waals surface area (Å²) in [5.74, 6) is 1.21. The number of aryl methyl sites for hydroxylation is 1. The SMILES string of the molecule is Cc1cnc(-c2cccnc2)n1CC1CCCN(S(=O)(=O)Cc2ccccc2)C1. The van der Waals surface area contributed by atoms with Crippen molar-refractivity contribution in [2.75, 3.05) is 13.1 Å². The summed E-state index contributed by atoms with van der Waals surface area (Å²) >= 11 is 0. The molecule has 1 aliphatic rings. The van der Waals surface area contributed by atoms with E-state index in [4.69, 9.17) is 0 Å². The highest BCUT2D eigenvalue weighted by atomic mass is 32.2. The maximum absolute atomic E-state index is 13.0. The molecule has 0 saturated carbocycles. The van der Waals surface area contributed by atoms with Crippen molar-refractivity contribution < 1.29 is 8.42 Å². The lowest BCUT2D eigenvalue weighted by Gasteiger charge is -2.32. The number of piperidine rings is 1. The van der Waals surface area contributed by atoms with Crippen LogP contribution in [0, 0.1) is 12.8 Å². The molecule has 0 aliphatic carbocycles. The summed E-state index contributed by atoms with van der Waals surface area (Å²) in [4.78, 5) is 8.77. The molecule has 7 heteroatoms. The number of sulfonamides is 1. The van der Waals surface area contributed by atoms with E-state index in [0.29, 0.717) is 13.1 Å². The van der Waals surface area contributed by atoms with E-state index < -0.39 is 10.0 Å². The Morgan fingerprint density at radius 3 is 2.69 bits per heavy atom. The van der Waals surface area contributed by atoms with Gasteiger partial charge in [-0.25, -0.2) is 17.7 Å². The van der Waals surface area contributed by atoms with Gasteiger partial charge in [-0.1, -0.05) is 30.3 Å². The molecule has 4 rings (SSSR count). The third-order valence-corrected chi connectivity index (χ3v) is 7.30. The Morgan fingerprint density at radius 1 is 1.10 bits per heavy atom. The van der Waals surface area contributed by atoms with Crippen LogP contribution in [-0.2, 0) is 22.3 Å². The van der Waals surface area contributed by atoms with Gasteiger partial charge in [0.1, 0.15) is 5.82 Å². The van der Waals surface area contributed by atoms with Gasteiger partial charge in [0.05, 0.1) is 5.75 Å². The quantitative estimate of drug-likeness (QED) is 0.624. The van der Waals surface area contributed by atoms with Crippen molar-refractivity contribution >= 4 is 10.0 Å². The predicted molar refractivity (Wildman–Crippen MR) is 114 cm³/mol. The van der Waals surface area contributed by atoms with Crippen LogP contribution in [0.25, 0.3) is 11.4 Å². The van der Waals surface area contributed by atoms with Crippen LogP contribution in [0.3, 0.4) is 0 Å². The minimum atomic E-state index is -3.32. The Hall–Kier alpha value is -2.51. The van der Waals surface area contributed by atoms with Gasteiger partial charge in [0.2, 0.25) is 10.0 Å². The summed E-state index contributed by atoms with van der Waals surface area (Å²) in [7, 11) is -3.32. The standard InChI is InChI=1S/C22H26N4O2S/c1-18-13-24-22(21-10-5-11-23-14-21)26(18)16-20-9-6-12-25(15-20)29(27,28)17-19-7-3-2-4-8-19/h2-5,7-8,10-11,13-14,20H,6,9,12,15-17H2,1H3. The summed E-state index contributed by atoms with van der Waals surface area (Å²) in [6.45, 7) is 3.95. The summed E-state index contributed by atoms with van der Waals surface area (Å²) in [6.07, 6.45) is 7.33. The Balaban J connectivity index is 1.49. The van der Waals surface area contributed by atoms with Gasteiger partial charge in [-0.3, -0.25) is 4.98 Å². The fraction of sp³-hybridized carbons (Fsp3) is 0.364. The molecule has 0 bridgehead atoms. The molecule has 0 spiro atoms. The molecule has 1 unspecified atom stereocenters. The zero-order valence-electron chi connectivity index (χ0n) is 16.6. The van der Waals surface area contributed by atoms with E-state index in [2.05, 4.69) is 14.5 Å². The van der Waals surface area contributed by atoms with Gasteiger partial charge in [0.15, 0.2) is 0 Å². The number of benzene rings is 1. The summed E-state index contributed by atoms with van der Waals surface area (Å²) in [6, 6.07) is 13.3. The maximum atomic E-state index is 13.0. The second-order valence-electron chi connectivity index (χ2n) is 7.68. The van der Waals surface area contributed by atoms with Crippen LogP contribution in [0.1, 0.15) is 24.1 Å². The number of aromatic nitrogens is 3. The average Bonchev–Trinajstić information content (AvgIpc) is 3.10. The number of hydrogen-bond acceptors (Lipinski definition) is 4. The Bertz CT molecular complexity index is 1050. The zero-order chi connectivity index (χ0) is 20.3. The van der Waals surface area contributed by atoms with E-state index in [9.17, 15) is 8.42 Å². The number of pyridine rings is 1. The van der Waals surface area contributed by atoms with Crippen molar-refractivity contribution in [1.82, 2.24) is 18.8 Å². The highest BCUT2D eigenvalue weighted by Gasteiger charge is 2.29. The second kappa shape index (κ2) is 8.47. The molecule has 1 atom stereocenters. The summed E-state index contributed by atoms with van der Waals surface area (Å²) < 4.78 is 29.8. The largest absolute Gasteiger partial charge is 0.328 e. The van der Waals surface area contributed by atoms with E-state index >= 15 is 0 Å². The van der Waals surface area contributed by atoms with Gasteiger partial charge in [-0.2, -0.15) is 0 Å². The van der Waals surface area contributed by atoms with Crippen LogP contribution in [0.5, 0.6) is 0 Å². The van der Waals surface area contributed by atoms with Crippen molar-refractivity contribution in [2.45, 2.75) is 32.1 Å². The first-order valence-electron chi connectivity index (χ1n) is 9.97. The Kier molecular flexibility index (Phi) is 5.78. The lowest BCUT2D eigenvalue weighted by Crippen LogP contribution is -2.41. The highest BCUT2D eigenvalue weighted by molar-refractivity contribution is 7.88. The van der Waals surface area contributed by atoms with Crippen LogP contribution in [-0.4, -0.2) is 40.3 Å². The number of imidazole rings is 1. The molecule has 152 valence electrons. The number of nitrogens with zero attached hydrogens (tertiary/aromatic N) is 4. The monoisotopic (exact) mass is 410 g/mol. The predicted octanol–water partition coefficient (Wildman–Crippen LogP) is 3.50. The molecule has 1 aliphatic heterocycles. The first-order valence-corrected chi connectivity index (χ1v) is 11.6. The molecule has 0 radical (unpaired) electrons. The normalized spacial score (nSPS) is 18.0. The minimum absolute atomic E-state index is 0.0611. The van der Waals surface area contributed by atoms with Gasteiger partial charge >= 0.3 is 0 Å². The highest BCUT2D eigenvalue weighted by Crippen LogP contribution is 2.26. The number of rotatable bonds is 6. The topological polar surface area (TPSA) is 68.1 Å². The molecule has 1 saturated heterocycles. The van der Waals surface area contributed by atoms with Crippen molar-refractivity contribution in [3.63, 3.8) is 0 Å².